The van der Waals surface area contributed by atoms with Gasteiger partial charge in [-0.1, -0.05) is 24.9 Å². The molecule has 94 valence electrons. The van der Waals surface area contributed by atoms with E-state index in [1.54, 1.807) is 0 Å². The molecule has 0 aliphatic heterocycles. The van der Waals surface area contributed by atoms with Crippen LogP contribution in [-0.4, -0.2) is 10.7 Å². The van der Waals surface area contributed by atoms with Crippen molar-refractivity contribution >= 4 is 23.1 Å². The topological polar surface area (TPSA) is 84.0 Å². The van der Waals surface area contributed by atoms with E-state index in [1.165, 1.54) is 12.1 Å². The number of rotatable bonds is 5. The van der Waals surface area contributed by atoms with Crippen molar-refractivity contribution < 1.29 is 9.72 Å². The van der Waals surface area contributed by atoms with E-state index in [1.807, 2.05) is 13.0 Å². The molecule has 0 fully saturated rings. The number of nitro benzene ring substituents is 1. The van der Waals surface area contributed by atoms with Gasteiger partial charge in [0.1, 0.15) is 5.92 Å². The molecule has 0 saturated carbocycles. The molecule has 0 amide bonds. The van der Waals surface area contributed by atoms with Crippen molar-refractivity contribution in [2.75, 3.05) is 0 Å². The van der Waals surface area contributed by atoms with Gasteiger partial charge in [-0.15, -0.1) is 0 Å². The fourth-order valence-corrected chi connectivity index (χ4v) is 1.76. The van der Waals surface area contributed by atoms with Crippen molar-refractivity contribution in [1.82, 2.24) is 0 Å². The third-order valence-electron chi connectivity index (χ3n) is 2.47. The van der Waals surface area contributed by atoms with Crippen LogP contribution in [0.2, 0.25) is 5.02 Å². The fraction of sp³-hybridized carbons (Fsp3) is 0.333. The molecule has 0 saturated heterocycles. The monoisotopic (exact) mass is 266 g/mol. The van der Waals surface area contributed by atoms with Gasteiger partial charge in [-0.25, -0.2) is 0 Å². The quantitative estimate of drug-likeness (QED) is 0.465. The third kappa shape index (κ3) is 3.05. The first-order valence-corrected chi connectivity index (χ1v) is 5.76. The number of carbonyl (C=O) groups excluding carboxylic acids is 1. The van der Waals surface area contributed by atoms with E-state index < -0.39 is 16.6 Å². The third-order valence-corrected chi connectivity index (χ3v) is 2.71. The number of Topliss-reactive ketones (excluding diaryl/α,β-unsaturated/α-hetero) is 1. The Bertz CT molecular complexity index is 523. The lowest BCUT2D eigenvalue weighted by atomic mass is 9.94. The summed E-state index contributed by atoms with van der Waals surface area (Å²) in [5.74, 6) is -1.38. The highest BCUT2D eigenvalue weighted by atomic mass is 35.5. The number of nitriles is 1. The molecule has 0 bridgehead atoms. The number of hydrogen-bond acceptors (Lipinski definition) is 4. The largest absolute Gasteiger partial charge is 0.292 e. The van der Waals surface area contributed by atoms with Crippen LogP contribution in [-0.2, 0) is 0 Å². The van der Waals surface area contributed by atoms with Gasteiger partial charge in [-0.05, 0) is 18.6 Å². The maximum absolute atomic E-state index is 12.0. The lowest BCUT2D eigenvalue weighted by Gasteiger charge is -2.07. The number of carbonyl (C=O) groups is 1. The summed E-state index contributed by atoms with van der Waals surface area (Å²) in [5, 5.41) is 19.9. The second-order valence-corrected chi connectivity index (χ2v) is 4.19. The highest BCUT2D eigenvalue weighted by molar-refractivity contribution is 6.31. The molecular weight excluding hydrogens is 256 g/mol. The van der Waals surface area contributed by atoms with Crippen molar-refractivity contribution in [3.63, 3.8) is 0 Å². The van der Waals surface area contributed by atoms with Crippen molar-refractivity contribution in [3.8, 4) is 6.07 Å². The van der Waals surface area contributed by atoms with E-state index in [-0.39, 0.29) is 16.3 Å². The predicted molar refractivity (Wildman–Crippen MR) is 66.4 cm³/mol. The van der Waals surface area contributed by atoms with Crippen LogP contribution in [0, 0.1) is 27.4 Å². The number of nitrogens with zero attached hydrogens (tertiary/aromatic N) is 2. The van der Waals surface area contributed by atoms with Gasteiger partial charge >= 0.3 is 0 Å². The minimum atomic E-state index is -0.852. The number of halogens is 1. The normalized spacial score (nSPS) is 11.6. The van der Waals surface area contributed by atoms with Crippen LogP contribution < -0.4 is 0 Å². The predicted octanol–water partition coefficient (Wildman–Crippen LogP) is 3.37. The Morgan fingerprint density at radius 3 is 2.78 bits per heavy atom. The molecule has 0 aromatic heterocycles. The Morgan fingerprint density at radius 2 is 2.28 bits per heavy atom. The van der Waals surface area contributed by atoms with Gasteiger partial charge in [-0.3, -0.25) is 14.9 Å². The molecule has 18 heavy (non-hydrogen) atoms. The average Bonchev–Trinajstić information content (AvgIpc) is 2.35. The summed E-state index contributed by atoms with van der Waals surface area (Å²) in [4.78, 5) is 22.2. The van der Waals surface area contributed by atoms with Crippen LogP contribution in [0.3, 0.4) is 0 Å². The van der Waals surface area contributed by atoms with Crippen molar-refractivity contribution in [1.29, 1.82) is 5.26 Å². The standard InChI is InChI=1S/C12H11ClN2O3/c1-2-3-8(7-14)12(16)10-5-4-9(13)6-11(10)15(17)18/h4-6,8H,2-3H2,1H3. The van der Waals surface area contributed by atoms with E-state index in [2.05, 4.69) is 0 Å². The Morgan fingerprint density at radius 1 is 1.61 bits per heavy atom. The summed E-state index contributed by atoms with van der Waals surface area (Å²) in [7, 11) is 0. The zero-order valence-corrected chi connectivity index (χ0v) is 10.5. The Balaban J connectivity index is 3.20. The first-order chi connectivity index (χ1) is 8.51. The van der Waals surface area contributed by atoms with Gasteiger partial charge < -0.3 is 0 Å². The van der Waals surface area contributed by atoms with E-state index in [0.717, 1.165) is 6.07 Å². The summed E-state index contributed by atoms with van der Waals surface area (Å²) in [6, 6.07) is 5.70. The van der Waals surface area contributed by atoms with Crippen molar-refractivity contribution in [3.05, 3.63) is 38.9 Å². The molecule has 1 aromatic rings. The molecule has 0 spiro atoms. The average molecular weight is 267 g/mol. The molecule has 6 heteroatoms. The fourth-order valence-electron chi connectivity index (χ4n) is 1.59. The molecule has 0 radical (unpaired) electrons. The molecule has 1 unspecified atom stereocenters. The van der Waals surface area contributed by atoms with E-state index in [4.69, 9.17) is 16.9 Å². The Labute approximate surface area is 109 Å². The highest BCUT2D eigenvalue weighted by Gasteiger charge is 2.26. The number of hydrogen-bond donors (Lipinski definition) is 0. The van der Waals surface area contributed by atoms with Crippen LogP contribution in [0.25, 0.3) is 0 Å². The number of nitro groups is 1. The van der Waals surface area contributed by atoms with E-state index in [0.29, 0.717) is 12.8 Å². The minimum Gasteiger partial charge on any atom is -0.292 e. The Kier molecular flexibility index (Phi) is 4.81. The van der Waals surface area contributed by atoms with Crippen LogP contribution in [0.1, 0.15) is 30.1 Å². The van der Waals surface area contributed by atoms with Crippen LogP contribution in [0.4, 0.5) is 5.69 Å². The van der Waals surface area contributed by atoms with Crippen LogP contribution >= 0.6 is 11.6 Å². The van der Waals surface area contributed by atoms with Gasteiger partial charge in [-0.2, -0.15) is 5.26 Å². The maximum Gasteiger partial charge on any atom is 0.281 e. The molecule has 0 heterocycles. The second-order valence-electron chi connectivity index (χ2n) is 3.75. The minimum absolute atomic E-state index is 0.0654. The number of ketones is 1. The molecule has 0 N–H and O–H groups in total. The zero-order valence-electron chi connectivity index (χ0n) is 9.72. The first-order valence-electron chi connectivity index (χ1n) is 5.39. The second kappa shape index (κ2) is 6.12. The molecule has 5 nitrogen and oxygen atoms in total. The summed E-state index contributed by atoms with van der Waals surface area (Å²) >= 11 is 5.66. The highest BCUT2D eigenvalue weighted by Crippen LogP contribution is 2.26. The molecule has 0 aliphatic rings. The number of benzene rings is 1. The molecule has 1 rings (SSSR count). The molecule has 1 atom stereocenters. The molecule has 0 aliphatic carbocycles. The molecular formula is C12H11ClN2O3. The van der Waals surface area contributed by atoms with E-state index >= 15 is 0 Å². The lowest BCUT2D eigenvalue weighted by Crippen LogP contribution is -2.14. The zero-order chi connectivity index (χ0) is 13.7. The van der Waals surface area contributed by atoms with Crippen LogP contribution in [0.5, 0.6) is 0 Å². The van der Waals surface area contributed by atoms with Crippen molar-refractivity contribution in [2.45, 2.75) is 19.8 Å². The summed E-state index contributed by atoms with van der Waals surface area (Å²) in [6.07, 6.45) is 1.04. The van der Waals surface area contributed by atoms with Crippen LogP contribution in [0.15, 0.2) is 18.2 Å². The Hall–Kier alpha value is -1.93. The summed E-state index contributed by atoms with van der Waals surface area (Å²) < 4.78 is 0. The van der Waals surface area contributed by atoms with Gasteiger partial charge in [0.25, 0.3) is 5.69 Å². The van der Waals surface area contributed by atoms with E-state index in [9.17, 15) is 14.9 Å². The van der Waals surface area contributed by atoms with Gasteiger partial charge in [0, 0.05) is 11.1 Å². The SMILES string of the molecule is CCCC(C#N)C(=O)c1ccc(Cl)cc1[N+](=O)[O-]. The van der Waals surface area contributed by atoms with Gasteiger partial charge in [0.05, 0.1) is 16.6 Å². The summed E-state index contributed by atoms with van der Waals surface area (Å²) in [5.41, 5.74) is -0.423. The van der Waals surface area contributed by atoms with Gasteiger partial charge in [0.15, 0.2) is 5.78 Å². The lowest BCUT2D eigenvalue weighted by molar-refractivity contribution is -0.385. The van der Waals surface area contributed by atoms with Gasteiger partial charge in [0.2, 0.25) is 0 Å². The smallest absolute Gasteiger partial charge is 0.281 e. The summed E-state index contributed by atoms with van der Waals surface area (Å²) in [6.45, 7) is 1.84. The maximum atomic E-state index is 12.0. The van der Waals surface area contributed by atoms with Crippen molar-refractivity contribution in [2.24, 2.45) is 5.92 Å². The first kappa shape index (κ1) is 14.1. The molecule has 1 aromatic carbocycles.